The number of hydrogen-bond donors (Lipinski definition) is 2. The van der Waals surface area contributed by atoms with Crippen LogP contribution in [0.1, 0.15) is 0 Å². The van der Waals surface area contributed by atoms with Gasteiger partial charge in [0.1, 0.15) is 4.90 Å². The van der Waals surface area contributed by atoms with Gasteiger partial charge in [0.25, 0.3) is 5.69 Å². The molecule has 11 heteroatoms. The van der Waals surface area contributed by atoms with Gasteiger partial charge in [-0.15, -0.1) is 0 Å². The highest BCUT2D eigenvalue weighted by molar-refractivity contribution is 7.89. The molecule has 1 rings (SSSR count). The van der Waals surface area contributed by atoms with E-state index in [1.54, 1.807) is 0 Å². The predicted octanol–water partition coefficient (Wildman–Crippen LogP) is 0.626. The van der Waals surface area contributed by atoms with Crippen molar-refractivity contribution >= 4 is 33.3 Å². The predicted molar refractivity (Wildman–Crippen MR) is 71.7 cm³/mol. The molecule has 0 aliphatic rings. The Bertz CT molecular complexity index is 661. The van der Waals surface area contributed by atoms with Crippen molar-refractivity contribution in [1.29, 1.82) is 0 Å². The van der Waals surface area contributed by atoms with Crippen LogP contribution >= 0.6 is 11.6 Å². The van der Waals surface area contributed by atoms with Crippen molar-refractivity contribution in [3.8, 4) is 0 Å². The number of non-ortho nitro benzene ring substituents is 1. The first-order valence-electron chi connectivity index (χ1n) is 5.38. The molecule has 0 aliphatic heterocycles. The van der Waals surface area contributed by atoms with Gasteiger partial charge in [-0.2, -0.15) is 0 Å². The number of nitrogens with zero attached hydrogens (tertiary/aromatic N) is 1. The number of benzene rings is 1. The van der Waals surface area contributed by atoms with Crippen molar-refractivity contribution in [2.45, 2.75) is 11.0 Å². The maximum absolute atomic E-state index is 12.0. The number of rotatable bonds is 7. The molecule has 116 valence electrons. The normalized spacial score (nSPS) is 12.9. The van der Waals surface area contributed by atoms with Crippen LogP contribution in [0.3, 0.4) is 0 Å². The minimum Gasteiger partial charge on any atom is -0.479 e. The van der Waals surface area contributed by atoms with Gasteiger partial charge in [0, 0.05) is 25.8 Å². The average molecular weight is 339 g/mol. The summed E-state index contributed by atoms with van der Waals surface area (Å²) in [7, 11) is -3.00. The number of carboxylic acid groups (broad SMARTS) is 1. The molecular formula is C10H11ClN2O7S. The van der Waals surface area contributed by atoms with Gasteiger partial charge in [-0.1, -0.05) is 11.6 Å². The summed E-state index contributed by atoms with van der Waals surface area (Å²) >= 11 is 5.70. The van der Waals surface area contributed by atoms with E-state index >= 15 is 0 Å². The van der Waals surface area contributed by atoms with E-state index in [1.165, 1.54) is 0 Å². The lowest BCUT2D eigenvalue weighted by atomic mass is 10.3. The zero-order chi connectivity index (χ0) is 16.2. The van der Waals surface area contributed by atoms with E-state index in [2.05, 4.69) is 4.74 Å². The molecule has 1 aromatic carbocycles. The van der Waals surface area contributed by atoms with Crippen molar-refractivity contribution in [2.24, 2.45) is 0 Å². The zero-order valence-corrected chi connectivity index (χ0v) is 12.2. The molecule has 21 heavy (non-hydrogen) atoms. The van der Waals surface area contributed by atoms with Crippen LogP contribution in [-0.4, -0.2) is 44.2 Å². The van der Waals surface area contributed by atoms with E-state index in [0.29, 0.717) is 0 Å². The molecule has 0 bridgehead atoms. The van der Waals surface area contributed by atoms with Crippen molar-refractivity contribution in [3.05, 3.63) is 33.3 Å². The summed E-state index contributed by atoms with van der Waals surface area (Å²) in [5.74, 6) is -1.34. The highest BCUT2D eigenvalue weighted by Crippen LogP contribution is 2.25. The van der Waals surface area contributed by atoms with Gasteiger partial charge < -0.3 is 9.84 Å². The molecule has 1 aromatic rings. The number of halogens is 1. The van der Waals surface area contributed by atoms with Gasteiger partial charge in [-0.05, 0) is 6.07 Å². The Kier molecular flexibility index (Phi) is 5.61. The van der Waals surface area contributed by atoms with Crippen LogP contribution in [0.15, 0.2) is 23.1 Å². The van der Waals surface area contributed by atoms with E-state index in [1.807, 2.05) is 4.72 Å². The van der Waals surface area contributed by atoms with Gasteiger partial charge in [0.05, 0.1) is 9.95 Å². The van der Waals surface area contributed by atoms with Crippen LogP contribution < -0.4 is 4.72 Å². The smallest absolute Gasteiger partial charge is 0.334 e. The van der Waals surface area contributed by atoms with Crippen LogP contribution in [0, 0.1) is 10.1 Å². The summed E-state index contributed by atoms with van der Waals surface area (Å²) in [5, 5.41) is 18.9. The van der Waals surface area contributed by atoms with Gasteiger partial charge >= 0.3 is 5.97 Å². The van der Waals surface area contributed by atoms with Crippen molar-refractivity contribution in [2.75, 3.05) is 13.7 Å². The van der Waals surface area contributed by atoms with Gasteiger partial charge in [-0.3, -0.25) is 10.1 Å². The monoisotopic (exact) mass is 338 g/mol. The number of ether oxygens (including phenoxy) is 1. The van der Waals surface area contributed by atoms with Gasteiger partial charge in [0.15, 0.2) is 6.10 Å². The second-order valence-corrected chi connectivity index (χ2v) is 5.93. The molecule has 2 N–H and O–H groups in total. The third-order valence-corrected chi connectivity index (χ3v) is 4.34. The second kappa shape index (κ2) is 6.80. The largest absolute Gasteiger partial charge is 0.479 e. The maximum Gasteiger partial charge on any atom is 0.334 e. The Morgan fingerprint density at radius 2 is 2.19 bits per heavy atom. The first kappa shape index (κ1) is 17.3. The van der Waals surface area contributed by atoms with Crippen LogP contribution in [0.25, 0.3) is 0 Å². The summed E-state index contributed by atoms with van der Waals surface area (Å²) in [6.45, 7) is -0.512. The first-order chi connectivity index (χ1) is 9.69. The maximum atomic E-state index is 12.0. The Hall–Kier alpha value is -1.75. The molecule has 0 saturated heterocycles. The average Bonchev–Trinajstić information content (AvgIpc) is 2.38. The molecule has 0 aromatic heterocycles. The van der Waals surface area contributed by atoms with E-state index in [-0.39, 0.29) is 10.7 Å². The third-order valence-electron chi connectivity index (χ3n) is 2.43. The van der Waals surface area contributed by atoms with Crippen LogP contribution in [-0.2, 0) is 19.6 Å². The van der Waals surface area contributed by atoms with Crippen LogP contribution in [0.2, 0.25) is 5.02 Å². The standard InChI is InChI=1S/C10H11ClN2O7S/c1-20-8(10(14)15)5-12-21(18,19)9-3-2-6(13(16)17)4-7(9)11/h2-4,8,12H,5H2,1H3,(H,14,15). The number of carbonyl (C=O) groups is 1. The number of sulfonamides is 1. The molecule has 0 fully saturated rings. The fraction of sp³-hybridized carbons (Fsp3) is 0.300. The molecule has 0 saturated carbocycles. The number of nitro groups is 1. The first-order valence-corrected chi connectivity index (χ1v) is 7.24. The number of methoxy groups -OCH3 is 1. The third kappa shape index (κ3) is 4.36. The summed E-state index contributed by atoms with van der Waals surface area (Å²) in [6, 6.07) is 2.83. The number of aliphatic carboxylic acids is 1. The molecule has 0 radical (unpaired) electrons. The highest BCUT2D eigenvalue weighted by atomic mass is 35.5. The van der Waals surface area contributed by atoms with Crippen LogP contribution in [0.5, 0.6) is 0 Å². The summed E-state index contributed by atoms with van der Waals surface area (Å²) in [6.07, 6.45) is -1.36. The summed E-state index contributed by atoms with van der Waals surface area (Å²) < 4.78 is 30.5. The number of nitro benzene ring substituents is 1. The molecule has 0 aliphatic carbocycles. The molecule has 9 nitrogen and oxygen atoms in total. The van der Waals surface area contributed by atoms with Crippen molar-refractivity contribution < 1.29 is 28.0 Å². The lowest BCUT2D eigenvalue weighted by molar-refractivity contribution is -0.384. The molecule has 1 unspecified atom stereocenters. The van der Waals surface area contributed by atoms with E-state index in [9.17, 15) is 23.3 Å². The lowest BCUT2D eigenvalue weighted by Crippen LogP contribution is -2.37. The van der Waals surface area contributed by atoms with E-state index in [4.69, 9.17) is 16.7 Å². The van der Waals surface area contributed by atoms with Crippen molar-refractivity contribution in [3.63, 3.8) is 0 Å². The Balaban J connectivity index is 2.98. The molecule has 1 atom stereocenters. The topological polar surface area (TPSA) is 136 Å². The second-order valence-electron chi connectivity index (χ2n) is 3.79. The fourth-order valence-corrected chi connectivity index (χ4v) is 2.92. The van der Waals surface area contributed by atoms with E-state index in [0.717, 1.165) is 25.3 Å². The van der Waals surface area contributed by atoms with Crippen molar-refractivity contribution in [1.82, 2.24) is 4.72 Å². The molecule has 0 spiro atoms. The Morgan fingerprint density at radius 1 is 1.57 bits per heavy atom. The summed E-state index contributed by atoms with van der Waals surface area (Å²) in [5.41, 5.74) is -0.362. The summed E-state index contributed by atoms with van der Waals surface area (Å²) in [4.78, 5) is 20.1. The Morgan fingerprint density at radius 3 is 2.62 bits per heavy atom. The number of hydrogen-bond acceptors (Lipinski definition) is 6. The molecular weight excluding hydrogens is 328 g/mol. The molecule has 0 amide bonds. The fourth-order valence-electron chi connectivity index (χ4n) is 1.36. The minimum absolute atomic E-state index is 0.346. The van der Waals surface area contributed by atoms with Crippen LogP contribution in [0.4, 0.5) is 5.69 Å². The Labute approximate surface area is 124 Å². The SMILES string of the molecule is COC(CNS(=O)(=O)c1ccc([N+](=O)[O-])cc1Cl)C(=O)O. The number of nitrogens with one attached hydrogen (secondary N) is 1. The number of carboxylic acids is 1. The molecule has 0 heterocycles. The highest BCUT2D eigenvalue weighted by Gasteiger charge is 2.24. The lowest BCUT2D eigenvalue weighted by Gasteiger charge is -2.12. The minimum atomic E-state index is -4.12. The zero-order valence-electron chi connectivity index (χ0n) is 10.6. The quantitative estimate of drug-likeness (QED) is 0.549. The van der Waals surface area contributed by atoms with Gasteiger partial charge in [0.2, 0.25) is 10.0 Å². The van der Waals surface area contributed by atoms with E-state index < -0.39 is 38.5 Å². The van der Waals surface area contributed by atoms with Gasteiger partial charge in [-0.25, -0.2) is 17.9 Å².